The summed E-state index contributed by atoms with van der Waals surface area (Å²) in [6, 6.07) is 0. The molecule has 1 aromatic rings. The summed E-state index contributed by atoms with van der Waals surface area (Å²) in [5, 5.41) is 3.92. The lowest BCUT2D eigenvalue weighted by Gasteiger charge is -2.55. The highest BCUT2D eigenvalue weighted by molar-refractivity contribution is 7.07. The van der Waals surface area contributed by atoms with E-state index in [1.165, 1.54) is 19.3 Å². The molecule has 0 radical (unpaired) electrons. The molecule has 4 fully saturated rings. The molecule has 4 aliphatic rings. The molecule has 0 N–H and O–H groups in total. The Labute approximate surface area is 140 Å². The highest BCUT2D eigenvalue weighted by atomic mass is 32.1. The van der Waals surface area contributed by atoms with Crippen LogP contribution in [0.4, 0.5) is 0 Å². The first-order chi connectivity index (χ1) is 11.1. The second kappa shape index (κ2) is 5.65. The lowest BCUT2D eigenvalue weighted by molar-refractivity contribution is -0.147. The average molecular weight is 334 g/mol. The number of esters is 1. The van der Waals surface area contributed by atoms with Crippen molar-refractivity contribution in [3.05, 3.63) is 10.6 Å². The van der Waals surface area contributed by atoms with E-state index in [-0.39, 0.29) is 17.8 Å². The van der Waals surface area contributed by atoms with E-state index in [9.17, 15) is 9.59 Å². The highest BCUT2D eigenvalue weighted by Gasteiger charge is 2.54. The van der Waals surface area contributed by atoms with Crippen LogP contribution >= 0.6 is 11.5 Å². The molecule has 0 saturated heterocycles. The molecule has 0 aliphatic heterocycles. The maximum absolute atomic E-state index is 12.8. The van der Waals surface area contributed by atoms with E-state index in [2.05, 4.69) is 9.59 Å². The van der Waals surface area contributed by atoms with E-state index in [0.717, 1.165) is 48.5 Å². The number of hydrogen-bond donors (Lipinski definition) is 0. The van der Waals surface area contributed by atoms with E-state index in [0.29, 0.717) is 17.0 Å². The average Bonchev–Trinajstić information content (AvgIpc) is 2.99. The molecule has 5 nitrogen and oxygen atoms in total. The first kappa shape index (κ1) is 15.2. The zero-order valence-corrected chi connectivity index (χ0v) is 14.2. The number of hydrogen-bond acceptors (Lipinski definition) is 6. The molecule has 124 valence electrons. The Morgan fingerprint density at radius 3 is 2.35 bits per heavy atom. The molecule has 4 aliphatic carbocycles. The van der Waals surface area contributed by atoms with Crippen molar-refractivity contribution in [3.8, 4) is 0 Å². The normalized spacial score (nSPS) is 34.6. The van der Waals surface area contributed by atoms with Crippen molar-refractivity contribution in [2.75, 3.05) is 6.61 Å². The fourth-order valence-electron chi connectivity index (χ4n) is 5.40. The van der Waals surface area contributed by atoms with Crippen molar-refractivity contribution in [3.63, 3.8) is 0 Å². The summed E-state index contributed by atoms with van der Waals surface area (Å²) in [7, 11) is 0. The van der Waals surface area contributed by atoms with Gasteiger partial charge in [-0.1, -0.05) is 11.4 Å². The number of ketones is 1. The van der Waals surface area contributed by atoms with E-state index >= 15 is 0 Å². The van der Waals surface area contributed by atoms with Crippen LogP contribution in [0.5, 0.6) is 0 Å². The van der Waals surface area contributed by atoms with Gasteiger partial charge in [-0.05, 0) is 74.2 Å². The minimum absolute atomic E-state index is 0.0912. The molecule has 4 saturated carbocycles. The Morgan fingerprint density at radius 2 is 1.78 bits per heavy atom. The molecule has 1 aromatic heterocycles. The van der Waals surface area contributed by atoms with E-state index in [1.54, 1.807) is 0 Å². The van der Waals surface area contributed by atoms with Crippen molar-refractivity contribution in [2.24, 2.45) is 23.2 Å². The van der Waals surface area contributed by atoms with Crippen molar-refractivity contribution in [2.45, 2.75) is 51.9 Å². The third kappa shape index (κ3) is 2.61. The van der Waals surface area contributed by atoms with E-state index in [1.807, 2.05) is 6.92 Å². The second-order valence-corrected chi connectivity index (χ2v) is 8.35. The van der Waals surface area contributed by atoms with Gasteiger partial charge < -0.3 is 4.74 Å². The molecule has 5 rings (SSSR count). The van der Waals surface area contributed by atoms with Gasteiger partial charge in [-0.15, -0.1) is 5.10 Å². The SMILES string of the molecule is CCc1nnsc1C(=O)OCC(=O)C12CC3CC(CC(C3)C1)C2. The number of aromatic nitrogens is 2. The van der Waals surface area contributed by atoms with E-state index < -0.39 is 5.97 Å². The highest BCUT2D eigenvalue weighted by Crippen LogP contribution is 2.60. The smallest absolute Gasteiger partial charge is 0.352 e. The summed E-state index contributed by atoms with van der Waals surface area (Å²) in [4.78, 5) is 25.4. The minimum Gasteiger partial charge on any atom is -0.453 e. The van der Waals surface area contributed by atoms with Gasteiger partial charge in [0.25, 0.3) is 0 Å². The molecule has 0 unspecified atom stereocenters. The Hall–Kier alpha value is -1.30. The van der Waals surface area contributed by atoms with Gasteiger partial charge in [0.2, 0.25) is 0 Å². The minimum atomic E-state index is -0.449. The van der Waals surface area contributed by atoms with E-state index in [4.69, 9.17) is 4.74 Å². The topological polar surface area (TPSA) is 69.2 Å². The van der Waals surface area contributed by atoms with Crippen molar-refractivity contribution < 1.29 is 14.3 Å². The molecule has 0 amide bonds. The van der Waals surface area contributed by atoms with Crippen LogP contribution in [-0.2, 0) is 16.0 Å². The maximum Gasteiger partial charge on any atom is 0.352 e. The van der Waals surface area contributed by atoms with Gasteiger partial charge in [0, 0.05) is 5.41 Å². The van der Waals surface area contributed by atoms with Gasteiger partial charge in [0.15, 0.2) is 17.3 Å². The van der Waals surface area contributed by atoms with Gasteiger partial charge in [-0.2, -0.15) is 0 Å². The molecule has 0 spiro atoms. The number of carbonyl (C=O) groups excluding carboxylic acids is 2. The summed E-state index contributed by atoms with van der Waals surface area (Å²) in [6.45, 7) is 1.83. The first-order valence-electron chi connectivity index (χ1n) is 8.61. The fraction of sp³-hybridized carbons (Fsp3) is 0.765. The number of aryl methyl sites for hydroxylation is 1. The Morgan fingerprint density at radius 1 is 1.17 bits per heavy atom. The van der Waals surface area contributed by atoms with Crippen LogP contribution in [-0.4, -0.2) is 27.9 Å². The number of nitrogens with zero attached hydrogens (tertiary/aromatic N) is 2. The number of rotatable bonds is 5. The molecular formula is C17H22N2O3S. The number of ether oxygens (including phenoxy) is 1. The van der Waals surface area contributed by atoms with Gasteiger partial charge in [0.05, 0.1) is 5.69 Å². The van der Waals surface area contributed by atoms with Crippen LogP contribution in [0.25, 0.3) is 0 Å². The third-order valence-corrected chi connectivity index (χ3v) is 6.79. The quantitative estimate of drug-likeness (QED) is 0.774. The zero-order valence-electron chi connectivity index (χ0n) is 13.4. The van der Waals surface area contributed by atoms with Crippen molar-refractivity contribution in [1.82, 2.24) is 9.59 Å². The molecule has 1 heterocycles. The number of Topliss-reactive ketones (excluding diaryl/α,β-unsaturated/α-hetero) is 1. The fourth-order valence-corrected chi connectivity index (χ4v) is 6.04. The molecule has 0 aromatic carbocycles. The zero-order chi connectivity index (χ0) is 16.0. The summed E-state index contributed by atoms with van der Waals surface area (Å²) in [6.07, 6.45) is 7.59. The van der Waals surface area contributed by atoms with Crippen molar-refractivity contribution in [1.29, 1.82) is 0 Å². The third-order valence-electron chi connectivity index (χ3n) is 6.04. The summed E-state index contributed by atoms with van der Waals surface area (Å²) in [5.41, 5.74) is 0.455. The Kier molecular flexibility index (Phi) is 3.75. The maximum atomic E-state index is 12.8. The van der Waals surface area contributed by atoms with Gasteiger partial charge in [0.1, 0.15) is 0 Å². The Balaban J connectivity index is 1.41. The van der Waals surface area contributed by atoms with Crippen LogP contribution < -0.4 is 0 Å². The lowest BCUT2D eigenvalue weighted by atomic mass is 9.48. The summed E-state index contributed by atoms with van der Waals surface area (Å²) < 4.78 is 9.12. The van der Waals surface area contributed by atoms with Crippen LogP contribution in [0, 0.1) is 23.2 Å². The standard InChI is InChI=1S/C17H22N2O3S/c1-2-13-15(23-19-18-13)16(21)22-9-14(20)17-6-10-3-11(7-17)5-12(4-10)8-17/h10-12H,2-9H2,1H3. The summed E-state index contributed by atoms with van der Waals surface area (Å²) >= 11 is 1.05. The van der Waals surface area contributed by atoms with Crippen LogP contribution in [0.2, 0.25) is 0 Å². The van der Waals surface area contributed by atoms with Crippen LogP contribution in [0.1, 0.15) is 60.8 Å². The first-order valence-corrected chi connectivity index (χ1v) is 9.38. The van der Waals surface area contributed by atoms with Gasteiger partial charge >= 0.3 is 5.97 Å². The molecular weight excluding hydrogens is 312 g/mol. The van der Waals surface area contributed by atoms with Crippen LogP contribution in [0.3, 0.4) is 0 Å². The predicted molar refractivity (Wildman–Crippen MR) is 85.2 cm³/mol. The monoisotopic (exact) mass is 334 g/mol. The van der Waals surface area contributed by atoms with Crippen LogP contribution in [0.15, 0.2) is 0 Å². The lowest BCUT2D eigenvalue weighted by Crippen LogP contribution is -2.51. The summed E-state index contributed by atoms with van der Waals surface area (Å²) in [5.74, 6) is 1.85. The molecule has 6 heteroatoms. The van der Waals surface area contributed by atoms with Gasteiger partial charge in [-0.25, -0.2) is 4.79 Å². The molecule has 23 heavy (non-hydrogen) atoms. The van der Waals surface area contributed by atoms with Crippen molar-refractivity contribution >= 4 is 23.3 Å². The molecule has 4 bridgehead atoms. The predicted octanol–water partition coefficient (Wildman–Crippen LogP) is 3.04. The Bertz CT molecular complexity index is 604. The second-order valence-electron chi connectivity index (χ2n) is 7.60. The largest absolute Gasteiger partial charge is 0.453 e. The van der Waals surface area contributed by atoms with Gasteiger partial charge in [-0.3, -0.25) is 4.79 Å². The molecule has 0 atom stereocenters. The number of carbonyl (C=O) groups is 2.